The molecule has 0 atom stereocenters. The van der Waals surface area contributed by atoms with E-state index in [1.54, 1.807) is 24.0 Å². The third-order valence-corrected chi connectivity index (χ3v) is 7.90. The molecule has 0 saturated heterocycles. The fourth-order valence-corrected chi connectivity index (χ4v) is 5.85. The molecule has 0 fully saturated rings. The smallest absolute Gasteiger partial charge is 0.247 e. The zero-order chi connectivity index (χ0) is 23.8. The third-order valence-electron chi connectivity index (χ3n) is 6.04. The number of methoxy groups -OCH3 is 2. The van der Waals surface area contributed by atoms with Gasteiger partial charge in [-0.2, -0.15) is 4.31 Å². The Kier molecular flexibility index (Phi) is 8.74. The number of nitrogens with zero attached hydrogens (tertiary/aromatic N) is 2. The van der Waals surface area contributed by atoms with Gasteiger partial charge in [-0.25, -0.2) is 8.42 Å². The van der Waals surface area contributed by atoms with Crippen molar-refractivity contribution in [1.82, 2.24) is 4.31 Å². The minimum Gasteiger partial charge on any atom is -0.497 e. The number of carbonyl (C=O) groups excluding carboxylic acids is 1. The Labute approximate surface area is 197 Å². The molecular weight excluding hydrogens is 440 g/mol. The van der Waals surface area contributed by atoms with E-state index in [0.29, 0.717) is 18.8 Å². The summed E-state index contributed by atoms with van der Waals surface area (Å²) in [5, 5.41) is 0. The molecule has 0 saturated carbocycles. The van der Waals surface area contributed by atoms with Gasteiger partial charge in [-0.3, -0.25) is 4.79 Å². The number of anilines is 1. The Morgan fingerprint density at radius 3 is 2.21 bits per heavy atom. The van der Waals surface area contributed by atoms with Gasteiger partial charge in [0.15, 0.2) is 0 Å². The Bertz CT molecular complexity index is 1050. The number of sulfonamides is 1. The molecule has 0 aromatic heterocycles. The molecule has 7 nitrogen and oxygen atoms in total. The molecule has 2 aromatic carbocycles. The zero-order valence-corrected chi connectivity index (χ0v) is 20.6. The van der Waals surface area contributed by atoms with Gasteiger partial charge in [-0.05, 0) is 36.6 Å². The Balaban J connectivity index is 2.06. The van der Waals surface area contributed by atoms with Crippen molar-refractivity contribution >= 4 is 21.6 Å². The van der Waals surface area contributed by atoms with E-state index >= 15 is 0 Å². The number of para-hydroxylation sites is 1. The van der Waals surface area contributed by atoms with Gasteiger partial charge in [0.05, 0.1) is 14.2 Å². The number of carbonyl (C=O) groups is 1. The summed E-state index contributed by atoms with van der Waals surface area (Å²) in [6, 6.07) is 12.4. The summed E-state index contributed by atoms with van der Waals surface area (Å²) in [5.41, 5.74) is 1.57. The third kappa shape index (κ3) is 6.06. The van der Waals surface area contributed by atoms with Crippen LogP contribution in [0.25, 0.3) is 0 Å². The normalized spacial score (nSPS) is 16.6. The van der Waals surface area contributed by atoms with E-state index in [0.717, 1.165) is 49.8 Å². The SMILES string of the molecule is COc1ccc(OC)c(S(=O)(=O)N2CCCCCCCCN(C(C)=O)c3ccccc3C2)c1. The van der Waals surface area contributed by atoms with Crippen molar-refractivity contribution in [1.29, 1.82) is 0 Å². The summed E-state index contributed by atoms with van der Waals surface area (Å²) in [4.78, 5) is 14.3. The minimum absolute atomic E-state index is 0.0406. The molecule has 0 unspecified atom stereocenters. The van der Waals surface area contributed by atoms with Gasteiger partial charge in [-0.1, -0.05) is 43.9 Å². The Morgan fingerprint density at radius 2 is 1.55 bits per heavy atom. The molecule has 180 valence electrons. The van der Waals surface area contributed by atoms with Crippen molar-refractivity contribution < 1.29 is 22.7 Å². The highest BCUT2D eigenvalue weighted by Crippen LogP contribution is 2.33. The minimum atomic E-state index is -3.89. The first-order chi connectivity index (χ1) is 15.9. The van der Waals surface area contributed by atoms with Crippen LogP contribution in [0.5, 0.6) is 11.5 Å². The van der Waals surface area contributed by atoms with Crippen molar-refractivity contribution in [2.24, 2.45) is 0 Å². The molecule has 0 N–H and O–H groups in total. The lowest BCUT2D eigenvalue weighted by molar-refractivity contribution is -0.116. The second kappa shape index (κ2) is 11.5. The molecule has 1 heterocycles. The van der Waals surface area contributed by atoms with E-state index in [1.807, 2.05) is 24.3 Å². The van der Waals surface area contributed by atoms with Crippen LogP contribution < -0.4 is 14.4 Å². The van der Waals surface area contributed by atoms with Crippen molar-refractivity contribution in [3.8, 4) is 11.5 Å². The molecule has 0 radical (unpaired) electrons. The number of ether oxygens (including phenoxy) is 2. The van der Waals surface area contributed by atoms with Gasteiger partial charge < -0.3 is 14.4 Å². The number of hydrogen-bond donors (Lipinski definition) is 0. The number of rotatable bonds is 4. The Morgan fingerprint density at radius 1 is 0.879 bits per heavy atom. The molecular formula is C25H34N2O5S. The van der Waals surface area contributed by atoms with Gasteiger partial charge in [0, 0.05) is 38.3 Å². The largest absolute Gasteiger partial charge is 0.497 e. The van der Waals surface area contributed by atoms with E-state index in [2.05, 4.69) is 0 Å². The maximum Gasteiger partial charge on any atom is 0.247 e. The van der Waals surface area contributed by atoms with Gasteiger partial charge in [-0.15, -0.1) is 0 Å². The van der Waals surface area contributed by atoms with Crippen LogP contribution in [0.4, 0.5) is 5.69 Å². The standard InChI is InChI=1S/C25H34N2O5S/c1-20(28)27-17-11-7-5-4-6-10-16-26(19-21-12-8-9-13-23(21)27)33(29,30)25-18-22(31-2)14-15-24(25)32-3/h8-9,12-15,18H,4-7,10-11,16-17,19H2,1-3H3. The second-order valence-electron chi connectivity index (χ2n) is 8.28. The molecule has 3 rings (SSSR count). The quantitative estimate of drug-likeness (QED) is 0.647. The van der Waals surface area contributed by atoms with Crippen LogP contribution in [0, 0.1) is 0 Å². The van der Waals surface area contributed by atoms with Crippen LogP contribution in [0.2, 0.25) is 0 Å². The average molecular weight is 475 g/mol. The zero-order valence-electron chi connectivity index (χ0n) is 19.7. The predicted octanol–water partition coefficient (Wildman–Crippen LogP) is 4.60. The summed E-state index contributed by atoms with van der Waals surface area (Å²) in [5.74, 6) is 0.682. The van der Waals surface area contributed by atoms with E-state index in [-0.39, 0.29) is 23.1 Å². The maximum absolute atomic E-state index is 13.9. The first-order valence-corrected chi connectivity index (χ1v) is 12.9. The fourth-order valence-electron chi connectivity index (χ4n) is 4.22. The average Bonchev–Trinajstić information content (AvgIpc) is 2.83. The lowest BCUT2D eigenvalue weighted by Crippen LogP contribution is -2.34. The molecule has 1 aliphatic rings. The summed E-state index contributed by atoms with van der Waals surface area (Å²) in [6.07, 6.45) is 5.82. The van der Waals surface area contributed by atoms with Crippen molar-refractivity contribution in [2.45, 2.75) is 56.9 Å². The molecule has 8 heteroatoms. The molecule has 2 aromatic rings. The molecule has 1 aliphatic heterocycles. The van der Waals surface area contributed by atoms with E-state index in [4.69, 9.17) is 9.47 Å². The summed E-state index contributed by atoms with van der Waals surface area (Å²) < 4.78 is 39.9. The Hall–Kier alpha value is -2.58. The van der Waals surface area contributed by atoms with Crippen molar-refractivity contribution in [3.63, 3.8) is 0 Å². The van der Waals surface area contributed by atoms with E-state index in [1.165, 1.54) is 24.6 Å². The molecule has 1 amide bonds. The first kappa shape index (κ1) is 25.1. The number of hydrogen-bond acceptors (Lipinski definition) is 5. The van der Waals surface area contributed by atoms with Crippen LogP contribution in [0.15, 0.2) is 47.4 Å². The summed E-state index contributed by atoms with van der Waals surface area (Å²) in [7, 11) is -0.928. The van der Waals surface area contributed by atoms with Gasteiger partial charge in [0.25, 0.3) is 0 Å². The predicted molar refractivity (Wildman–Crippen MR) is 129 cm³/mol. The monoisotopic (exact) mass is 474 g/mol. The fraction of sp³-hybridized carbons (Fsp3) is 0.480. The summed E-state index contributed by atoms with van der Waals surface area (Å²) >= 11 is 0. The maximum atomic E-state index is 13.9. The topological polar surface area (TPSA) is 76.2 Å². The lowest BCUT2D eigenvalue weighted by Gasteiger charge is -2.28. The lowest BCUT2D eigenvalue weighted by atomic mass is 10.1. The van der Waals surface area contributed by atoms with Gasteiger partial charge in [0.2, 0.25) is 15.9 Å². The van der Waals surface area contributed by atoms with Crippen molar-refractivity contribution in [2.75, 3.05) is 32.2 Å². The highest BCUT2D eigenvalue weighted by atomic mass is 32.2. The van der Waals surface area contributed by atoms with Crippen LogP contribution in [-0.4, -0.2) is 45.9 Å². The number of amides is 1. The van der Waals surface area contributed by atoms with Crippen LogP contribution in [0.3, 0.4) is 0 Å². The molecule has 0 spiro atoms. The van der Waals surface area contributed by atoms with Gasteiger partial charge >= 0.3 is 0 Å². The highest BCUT2D eigenvalue weighted by Gasteiger charge is 2.29. The van der Waals surface area contributed by atoms with Crippen LogP contribution in [0.1, 0.15) is 51.0 Å². The van der Waals surface area contributed by atoms with Crippen LogP contribution in [-0.2, 0) is 21.4 Å². The van der Waals surface area contributed by atoms with Crippen LogP contribution >= 0.6 is 0 Å². The van der Waals surface area contributed by atoms with Crippen molar-refractivity contribution in [3.05, 3.63) is 48.0 Å². The number of fused-ring (bicyclic) bond motifs is 1. The van der Waals surface area contributed by atoms with E-state index in [9.17, 15) is 13.2 Å². The van der Waals surface area contributed by atoms with Gasteiger partial charge in [0.1, 0.15) is 16.4 Å². The summed E-state index contributed by atoms with van der Waals surface area (Å²) in [6.45, 7) is 2.74. The first-order valence-electron chi connectivity index (χ1n) is 11.5. The van der Waals surface area contributed by atoms with E-state index < -0.39 is 10.0 Å². The highest BCUT2D eigenvalue weighted by molar-refractivity contribution is 7.89. The molecule has 33 heavy (non-hydrogen) atoms. The second-order valence-corrected chi connectivity index (χ2v) is 10.2. The molecule has 0 aliphatic carbocycles. The molecule has 0 bridgehead atoms. The number of benzene rings is 2.